The maximum atomic E-state index is 5.87. The van der Waals surface area contributed by atoms with Crippen LogP contribution in [0.3, 0.4) is 0 Å². The molecule has 98 valence electrons. The van der Waals surface area contributed by atoms with E-state index < -0.39 is 0 Å². The van der Waals surface area contributed by atoms with Crippen LogP contribution >= 0.6 is 0 Å². The second-order valence-electron chi connectivity index (χ2n) is 6.05. The van der Waals surface area contributed by atoms with Crippen molar-refractivity contribution in [3.63, 3.8) is 0 Å². The summed E-state index contributed by atoms with van der Waals surface area (Å²) in [7, 11) is 0. The summed E-state index contributed by atoms with van der Waals surface area (Å²) in [5, 5.41) is 3.45. The number of piperidine rings is 1. The average Bonchev–Trinajstić information content (AvgIpc) is 2.70. The Labute approximate surface area is 105 Å². The van der Waals surface area contributed by atoms with Crippen molar-refractivity contribution in [2.75, 3.05) is 32.7 Å². The van der Waals surface area contributed by atoms with Crippen LogP contribution in [-0.2, 0) is 4.74 Å². The molecule has 0 spiro atoms. The van der Waals surface area contributed by atoms with Gasteiger partial charge in [0.25, 0.3) is 0 Å². The van der Waals surface area contributed by atoms with Crippen LogP contribution in [0.15, 0.2) is 0 Å². The molecule has 2 bridgehead atoms. The fourth-order valence-corrected chi connectivity index (χ4v) is 3.66. The van der Waals surface area contributed by atoms with Gasteiger partial charge in [0.15, 0.2) is 0 Å². The minimum Gasteiger partial charge on any atom is -0.372 e. The quantitative estimate of drug-likeness (QED) is 0.805. The Morgan fingerprint density at radius 2 is 1.71 bits per heavy atom. The maximum Gasteiger partial charge on any atom is 0.0707 e. The van der Waals surface area contributed by atoms with Crippen molar-refractivity contribution in [3.8, 4) is 0 Å². The molecule has 1 N–H and O–H groups in total. The lowest BCUT2D eigenvalue weighted by molar-refractivity contribution is -0.0388. The normalized spacial score (nSPS) is 35.3. The van der Waals surface area contributed by atoms with Gasteiger partial charge >= 0.3 is 0 Å². The number of fused-ring (bicyclic) bond motifs is 2. The van der Waals surface area contributed by atoms with Crippen LogP contribution in [-0.4, -0.2) is 49.8 Å². The Hall–Kier alpha value is -0.120. The molecule has 3 aliphatic heterocycles. The van der Waals surface area contributed by atoms with Crippen molar-refractivity contribution in [2.45, 2.75) is 50.7 Å². The molecule has 2 atom stereocenters. The average molecular weight is 238 g/mol. The van der Waals surface area contributed by atoms with Crippen molar-refractivity contribution in [1.29, 1.82) is 0 Å². The van der Waals surface area contributed by atoms with Crippen molar-refractivity contribution in [3.05, 3.63) is 0 Å². The molecule has 3 aliphatic rings. The van der Waals surface area contributed by atoms with Crippen molar-refractivity contribution < 1.29 is 4.74 Å². The van der Waals surface area contributed by atoms with Crippen molar-refractivity contribution in [1.82, 2.24) is 10.2 Å². The standard InChI is InChI=1S/C14H26N2O/c1(2-12-5-7-15-8-6-12)9-16-10-13-3-4-14(11-16)17-13/h12-15H,1-11H2. The lowest BCUT2D eigenvalue weighted by Crippen LogP contribution is -2.43. The van der Waals surface area contributed by atoms with E-state index in [0.29, 0.717) is 12.2 Å². The molecule has 0 saturated carbocycles. The van der Waals surface area contributed by atoms with Gasteiger partial charge in [-0.05, 0) is 64.1 Å². The molecule has 2 unspecified atom stereocenters. The topological polar surface area (TPSA) is 24.5 Å². The van der Waals surface area contributed by atoms with E-state index in [1.54, 1.807) is 0 Å². The monoisotopic (exact) mass is 238 g/mol. The number of nitrogens with one attached hydrogen (secondary N) is 1. The molecule has 0 aromatic carbocycles. The van der Waals surface area contributed by atoms with Crippen LogP contribution < -0.4 is 5.32 Å². The van der Waals surface area contributed by atoms with E-state index in [1.807, 2.05) is 0 Å². The predicted octanol–water partition coefficient (Wildman–Crippen LogP) is 1.63. The van der Waals surface area contributed by atoms with Gasteiger partial charge in [-0.2, -0.15) is 0 Å². The number of morpholine rings is 1. The van der Waals surface area contributed by atoms with E-state index in [1.165, 1.54) is 71.2 Å². The van der Waals surface area contributed by atoms with Crippen LogP contribution in [0.2, 0.25) is 0 Å². The van der Waals surface area contributed by atoms with Gasteiger partial charge in [-0.25, -0.2) is 0 Å². The van der Waals surface area contributed by atoms with Gasteiger partial charge in [0.1, 0.15) is 0 Å². The highest BCUT2D eigenvalue weighted by Gasteiger charge is 2.33. The molecular formula is C14H26N2O. The van der Waals surface area contributed by atoms with Gasteiger partial charge < -0.3 is 10.1 Å². The van der Waals surface area contributed by atoms with E-state index in [2.05, 4.69) is 10.2 Å². The fraction of sp³-hybridized carbons (Fsp3) is 1.00. The van der Waals surface area contributed by atoms with Gasteiger partial charge in [-0.15, -0.1) is 0 Å². The van der Waals surface area contributed by atoms with Crippen LogP contribution in [0, 0.1) is 5.92 Å². The van der Waals surface area contributed by atoms with Crippen LogP contribution in [0.5, 0.6) is 0 Å². The number of hydrogen-bond donors (Lipinski definition) is 1. The number of nitrogens with zero attached hydrogens (tertiary/aromatic N) is 1. The summed E-state index contributed by atoms with van der Waals surface area (Å²) in [6.07, 6.45) is 9.35. The Morgan fingerprint density at radius 3 is 2.41 bits per heavy atom. The fourth-order valence-electron chi connectivity index (χ4n) is 3.66. The number of hydrogen-bond acceptors (Lipinski definition) is 3. The van der Waals surface area contributed by atoms with Crippen LogP contribution in [0.1, 0.15) is 38.5 Å². The molecule has 3 heterocycles. The number of likely N-dealkylation sites (tertiary alicyclic amines) is 1. The molecular weight excluding hydrogens is 212 g/mol. The molecule has 3 fully saturated rings. The van der Waals surface area contributed by atoms with E-state index in [4.69, 9.17) is 4.74 Å². The second-order valence-corrected chi connectivity index (χ2v) is 6.05. The zero-order valence-electron chi connectivity index (χ0n) is 10.9. The molecule has 0 aliphatic carbocycles. The zero-order chi connectivity index (χ0) is 11.5. The molecule has 0 aromatic heterocycles. The minimum absolute atomic E-state index is 0.563. The predicted molar refractivity (Wildman–Crippen MR) is 69.2 cm³/mol. The van der Waals surface area contributed by atoms with Crippen molar-refractivity contribution >= 4 is 0 Å². The molecule has 0 aromatic rings. The summed E-state index contributed by atoms with van der Waals surface area (Å²) >= 11 is 0. The van der Waals surface area contributed by atoms with E-state index in [9.17, 15) is 0 Å². The smallest absolute Gasteiger partial charge is 0.0707 e. The van der Waals surface area contributed by atoms with Crippen LogP contribution in [0.4, 0.5) is 0 Å². The third-order valence-electron chi connectivity index (χ3n) is 4.66. The maximum absolute atomic E-state index is 5.87. The molecule has 3 saturated heterocycles. The highest BCUT2D eigenvalue weighted by molar-refractivity contribution is 4.84. The first-order chi connectivity index (χ1) is 8.40. The molecule has 0 radical (unpaired) electrons. The Kier molecular flexibility index (Phi) is 3.99. The number of ether oxygens (including phenoxy) is 1. The SMILES string of the molecule is C(CC1CCNCC1)CN1CC2CCC(C1)O2. The summed E-state index contributed by atoms with van der Waals surface area (Å²) < 4.78 is 5.87. The van der Waals surface area contributed by atoms with Gasteiger partial charge in [0.05, 0.1) is 12.2 Å². The molecule has 3 nitrogen and oxygen atoms in total. The summed E-state index contributed by atoms with van der Waals surface area (Å²) in [6.45, 7) is 6.18. The first-order valence-electron chi connectivity index (χ1n) is 7.48. The van der Waals surface area contributed by atoms with Gasteiger partial charge in [0, 0.05) is 13.1 Å². The van der Waals surface area contributed by atoms with E-state index in [0.717, 1.165) is 5.92 Å². The lowest BCUT2D eigenvalue weighted by Gasteiger charge is -2.32. The zero-order valence-corrected chi connectivity index (χ0v) is 10.9. The van der Waals surface area contributed by atoms with E-state index >= 15 is 0 Å². The second kappa shape index (κ2) is 5.68. The van der Waals surface area contributed by atoms with Gasteiger partial charge in [0.2, 0.25) is 0 Å². The van der Waals surface area contributed by atoms with E-state index in [-0.39, 0.29) is 0 Å². The Balaban J connectivity index is 1.34. The highest BCUT2D eigenvalue weighted by atomic mass is 16.5. The lowest BCUT2D eigenvalue weighted by atomic mass is 9.93. The summed E-state index contributed by atoms with van der Waals surface area (Å²) in [5.41, 5.74) is 0. The van der Waals surface area contributed by atoms with Crippen molar-refractivity contribution in [2.24, 2.45) is 5.92 Å². The molecule has 3 rings (SSSR count). The summed E-state index contributed by atoms with van der Waals surface area (Å²) in [6, 6.07) is 0. The third kappa shape index (κ3) is 3.21. The molecule has 0 amide bonds. The third-order valence-corrected chi connectivity index (χ3v) is 4.66. The molecule has 17 heavy (non-hydrogen) atoms. The summed E-state index contributed by atoms with van der Waals surface area (Å²) in [5.74, 6) is 0.994. The molecule has 3 heteroatoms. The number of rotatable bonds is 4. The van der Waals surface area contributed by atoms with Gasteiger partial charge in [-0.1, -0.05) is 0 Å². The van der Waals surface area contributed by atoms with Crippen LogP contribution in [0.25, 0.3) is 0 Å². The highest BCUT2D eigenvalue weighted by Crippen LogP contribution is 2.26. The largest absolute Gasteiger partial charge is 0.372 e. The first kappa shape index (κ1) is 11.9. The van der Waals surface area contributed by atoms with Gasteiger partial charge in [-0.3, -0.25) is 4.90 Å². The first-order valence-corrected chi connectivity index (χ1v) is 7.48. The Bertz CT molecular complexity index is 228. The summed E-state index contributed by atoms with van der Waals surface area (Å²) in [4.78, 5) is 2.65. The minimum atomic E-state index is 0.563. The Morgan fingerprint density at radius 1 is 1.00 bits per heavy atom.